The Labute approximate surface area is 204 Å². The third-order valence-electron chi connectivity index (χ3n) is 6.68. The molecule has 4 aromatic heterocycles. The second-order valence-electron chi connectivity index (χ2n) is 8.83. The lowest BCUT2D eigenvalue weighted by Crippen LogP contribution is -2.46. The molecule has 0 atom stereocenters. The summed E-state index contributed by atoms with van der Waals surface area (Å²) in [5, 5.41) is 6.95. The summed E-state index contributed by atoms with van der Waals surface area (Å²) < 4.78 is 1.83. The Bertz CT molecular complexity index is 1630. The van der Waals surface area contributed by atoms with E-state index in [4.69, 9.17) is 21.6 Å². The number of fused-ring (bicyclic) bond motifs is 4. The normalized spacial score (nSPS) is 15.2. The maximum absolute atomic E-state index is 12.6. The maximum atomic E-state index is 12.6. The van der Waals surface area contributed by atoms with Crippen LogP contribution in [0.4, 0.5) is 5.82 Å². The summed E-state index contributed by atoms with van der Waals surface area (Å²) in [5.74, 6) is 1.65. The quantitative estimate of drug-likeness (QED) is 0.408. The van der Waals surface area contributed by atoms with E-state index in [2.05, 4.69) is 32.0 Å². The Hall–Kier alpha value is -3.01. The Morgan fingerprint density at radius 2 is 1.85 bits per heavy atom. The first-order chi connectivity index (χ1) is 16.4. The maximum Gasteiger partial charge on any atom is 0.259 e. The summed E-state index contributed by atoms with van der Waals surface area (Å²) in [5.41, 5.74) is 3.44. The van der Waals surface area contributed by atoms with Crippen LogP contribution in [0.5, 0.6) is 0 Å². The molecule has 0 unspecified atom stereocenters. The van der Waals surface area contributed by atoms with E-state index in [0.29, 0.717) is 17.2 Å². The molecule has 1 N–H and O–H groups in total. The van der Waals surface area contributed by atoms with Gasteiger partial charge in [0.05, 0.1) is 23.1 Å². The predicted octanol–water partition coefficient (Wildman–Crippen LogP) is 4.08. The van der Waals surface area contributed by atoms with Crippen LogP contribution in [0.2, 0.25) is 5.02 Å². The summed E-state index contributed by atoms with van der Waals surface area (Å²) in [7, 11) is 0. The highest BCUT2D eigenvalue weighted by Crippen LogP contribution is 2.31. The average Bonchev–Trinajstić information content (AvgIpc) is 3.28. The molecule has 5 aromatic rings. The van der Waals surface area contributed by atoms with Gasteiger partial charge in [-0.3, -0.25) is 9.69 Å². The Morgan fingerprint density at radius 3 is 2.65 bits per heavy atom. The van der Waals surface area contributed by atoms with E-state index in [1.165, 1.54) is 0 Å². The number of hydrogen-bond donors (Lipinski definition) is 1. The zero-order valence-corrected chi connectivity index (χ0v) is 20.8. The lowest BCUT2D eigenvalue weighted by Gasteiger charge is -2.35. The molecule has 0 amide bonds. The molecule has 1 fully saturated rings. The van der Waals surface area contributed by atoms with Crippen molar-refractivity contribution < 1.29 is 0 Å². The van der Waals surface area contributed by atoms with Crippen molar-refractivity contribution in [2.24, 2.45) is 0 Å². The fourth-order valence-electron chi connectivity index (χ4n) is 4.71. The van der Waals surface area contributed by atoms with Gasteiger partial charge in [-0.1, -0.05) is 23.7 Å². The topological polar surface area (TPSA) is 82.4 Å². The zero-order chi connectivity index (χ0) is 23.6. The molecule has 0 spiro atoms. The largest absolute Gasteiger partial charge is 0.353 e. The van der Waals surface area contributed by atoms with Crippen molar-refractivity contribution in [1.29, 1.82) is 0 Å². The van der Waals surface area contributed by atoms with E-state index >= 15 is 0 Å². The van der Waals surface area contributed by atoms with E-state index in [1.807, 2.05) is 37.4 Å². The number of para-hydroxylation sites is 1. The molecule has 1 aliphatic heterocycles. The monoisotopic (exact) mass is 493 g/mol. The Kier molecular flexibility index (Phi) is 5.09. The molecule has 1 saturated heterocycles. The molecular weight excluding hydrogens is 470 g/mol. The molecule has 1 aromatic carbocycles. The molecule has 1 aliphatic rings. The van der Waals surface area contributed by atoms with E-state index in [0.717, 1.165) is 75.1 Å². The summed E-state index contributed by atoms with van der Waals surface area (Å²) in [4.78, 5) is 31.9. The minimum Gasteiger partial charge on any atom is -0.353 e. The van der Waals surface area contributed by atoms with Crippen molar-refractivity contribution in [3.05, 3.63) is 61.6 Å². The molecule has 0 radical (unpaired) electrons. The zero-order valence-electron chi connectivity index (χ0n) is 19.2. The lowest BCUT2D eigenvalue weighted by molar-refractivity contribution is 0.244. The SMILES string of the molecule is Cc1nn2c(nc(N3CCN(Cc4nc5sc(C)c(C)c5c(=O)[nH]4)CC3)c3ccccc32)c1Cl. The van der Waals surface area contributed by atoms with E-state index < -0.39 is 0 Å². The van der Waals surface area contributed by atoms with Gasteiger partial charge in [-0.05, 0) is 38.5 Å². The molecule has 6 rings (SSSR count). The summed E-state index contributed by atoms with van der Waals surface area (Å²) in [6, 6.07) is 8.18. The van der Waals surface area contributed by atoms with Crippen LogP contribution in [0.25, 0.3) is 26.8 Å². The number of aromatic amines is 1. The van der Waals surface area contributed by atoms with Gasteiger partial charge in [0, 0.05) is 36.4 Å². The van der Waals surface area contributed by atoms with Crippen LogP contribution in [0.1, 0.15) is 22.0 Å². The van der Waals surface area contributed by atoms with Crippen LogP contribution in [-0.4, -0.2) is 55.6 Å². The summed E-state index contributed by atoms with van der Waals surface area (Å²) >= 11 is 8.11. The molecule has 10 heteroatoms. The van der Waals surface area contributed by atoms with Crippen LogP contribution in [-0.2, 0) is 6.54 Å². The van der Waals surface area contributed by atoms with Gasteiger partial charge in [-0.2, -0.15) is 5.10 Å². The van der Waals surface area contributed by atoms with Crippen LogP contribution in [0, 0.1) is 20.8 Å². The third-order valence-corrected chi connectivity index (χ3v) is 8.23. The van der Waals surface area contributed by atoms with Gasteiger partial charge < -0.3 is 9.88 Å². The number of rotatable bonds is 3. The highest BCUT2D eigenvalue weighted by atomic mass is 35.5. The highest BCUT2D eigenvalue weighted by molar-refractivity contribution is 7.18. The molecule has 0 aliphatic carbocycles. The Balaban J connectivity index is 1.26. The number of nitrogens with one attached hydrogen (secondary N) is 1. The predicted molar refractivity (Wildman–Crippen MR) is 137 cm³/mol. The molecule has 8 nitrogen and oxygen atoms in total. The van der Waals surface area contributed by atoms with Gasteiger partial charge in [-0.25, -0.2) is 14.5 Å². The first-order valence-corrected chi connectivity index (χ1v) is 12.5. The van der Waals surface area contributed by atoms with Gasteiger partial charge in [-0.15, -0.1) is 11.3 Å². The smallest absolute Gasteiger partial charge is 0.259 e. The third kappa shape index (κ3) is 3.38. The summed E-state index contributed by atoms with van der Waals surface area (Å²) in [6.07, 6.45) is 0. The highest BCUT2D eigenvalue weighted by Gasteiger charge is 2.23. The number of anilines is 1. The van der Waals surface area contributed by atoms with Crippen molar-refractivity contribution in [2.45, 2.75) is 27.3 Å². The number of aryl methyl sites for hydroxylation is 3. The number of halogens is 1. The second-order valence-corrected chi connectivity index (χ2v) is 10.4. The standard InChI is InChI=1S/C24H24ClN7OS/c1-13-15(3)34-24-19(13)23(33)26-18(27-24)12-30-8-10-31(11-9-30)21-16-6-4-5-7-17(16)32-22(28-21)20(25)14(2)29-32/h4-7H,8-12H2,1-3H3,(H,26,27,33). The van der Waals surface area contributed by atoms with Gasteiger partial charge in [0.1, 0.15) is 21.5 Å². The molecule has 174 valence electrons. The van der Waals surface area contributed by atoms with Crippen LogP contribution in [0.15, 0.2) is 29.1 Å². The van der Waals surface area contributed by atoms with E-state index in [9.17, 15) is 4.79 Å². The number of H-pyrrole nitrogens is 1. The molecule has 0 bridgehead atoms. The van der Waals surface area contributed by atoms with Gasteiger partial charge in [0.2, 0.25) is 0 Å². The summed E-state index contributed by atoms with van der Waals surface area (Å²) in [6.45, 7) is 9.87. The lowest BCUT2D eigenvalue weighted by atomic mass is 10.2. The van der Waals surface area contributed by atoms with Crippen LogP contribution < -0.4 is 10.5 Å². The van der Waals surface area contributed by atoms with Crippen molar-refractivity contribution in [1.82, 2.24) is 29.5 Å². The number of hydrogen-bond acceptors (Lipinski definition) is 7. The van der Waals surface area contributed by atoms with Gasteiger partial charge >= 0.3 is 0 Å². The molecule has 0 saturated carbocycles. The first kappa shape index (κ1) is 21.5. The number of piperazine rings is 1. The van der Waals surface area contributed by atoms with E-state index in [-0.39, 0.29) is 5.56 Å². The van der Waals surface area contributed by atoms with Gasteiger partial charge in [0.15, 0.2) is 5.65 Å². The van der Waals surface area contributed by atoms with Gasteiger partial charge in [0.25, 0.3) is 5.56 Å². The second kappa shape index (κ2) is 8.04. The Morgan fingerprint density at radius 1 is 1.09 bits per heavy atom. The molecule has 34 heavy (non-hydrogen) atoms. The van der Waals surface area contributed by atoms with Crippen molar-refractivity contribution in [2.75, 3.05) is 31.1 Å². The minimum absolute atomic E-state index is 0.0440. The van der Waals surface area contributed by atoms with E-state index in [1.54, 1.807) is 11.3 Å². The number of benzene rings is 1. The number of aromatic nitrogens is 5. The number of thiophene rings is 1. The first-order valence-electron chi connectivity index (χ1n) is 11.3. The van der Waals surface area contributed by atoms with Crippen molar-refractivity contribution in [3.63, 3.8) is 0 Å². The number of nitrogens with zero attached hydrogens (tertiary/aromatic N) is 6. The average molecular weight is 494 g/mol. The minimum atomic E-state index is -0.0440. The van der Waals surface area contributed by atoms with Crippen molar-refractivity contribution in [3.8, 4) is 0 Å². The van der Waals surface area contributed by atoms with Crippen LogP contribution >= 0.6 is 22.9 Å². The van der Waals surface area contributed by atoms with Crippen molar-refractivity contribution >= 4 is 55.5 Å². The molecule has 5 heterocycles. The molecular formula is C24H24ClN7OS. The fourth-order valence-corrected chi connectivity index (χ4v) is 5.92. The van der Waals surface area contributed by atoms with Crippen LogP contribution in [0.3, 0.4) is 0 Å². The fraction of sp³-hybridized carbons (Fsp3) is 0.333.